The zero-order valence-corrected chi connectivity index (χ0v) is 14.6. The number of hydrogen-bond acceptors (Lipinski definition) is 6. The molecule has 0 saturated heterocycles. The Morgan fingerprint density at radius 2 is 1.88 bits per heavy atom. The predicted octanol–water partition coefficient (Wildman–Crippen LogP) is 2.93. The third-order valence-electron chi connectivity index (χ3n) is 3.79. The lowest BCUT2D eigenvalue weighted by Gasteiger charge is -2.34. The first-order valence-electron chi connectivity index (χ1n) is 7.89. The van der Waals surface area contributed by atoms with Gasteiger partial charge in [0.1, 0.15) is 11.1 Å². The number of aryl methyl sites for hydroxylation is 1. The summed E-state index contributed by atoms with van der Waals surface area (Å²) in [4.78, 5) is 26.9. The van der Waals surface area contributed by atoms with E-state index in [1.165, 1.54) is 4.90 Å². The van der Waals surface area contributed by atoms with Gasteiger partial charge in [0.25, 0.3) is 5.91 Å². The average molecular weight is 341 g/mol. The Morgan fingerprint density at radius 1 is 1.16 bits per heavy atom. The molecule has 1 aromatic carbocycles. The maximum absolute atomic E-state index is 13.0. The van der Waals surface area contributed by atoms with Gasteiger partial charge in [-0.05, 0) is 32.9 Å². The minimum Gasteiger partial charge on any atom is -0.424 e. The smallest absolute Gasteiger partial charge is 0.349 e. The highest BCUT2D eigenvalue weighted by atomic mass is 16.4. The van der Waals surface area contributed by atoms with Crippen molar-refractivity contribution in [3.8, 4) is 0 Å². The number of benzene rings is 1. The molecule has 0 aliphatic heterocycles. The molecule has 0 fully saturated rings. The van der Waals surface area contributed by atoms with Gasteiger partial charge in [-0.3, -0.25) is 4.79 Å². The maximum Gasteiger partial charge on any atom is 0.349 e. The van der Waals surface area contributed by atoms with Crippen molar-refractivity contribution in [3.05, 3.63) is 58.1 Å². The first-order chi connectivity index (χ1) is 11.8. The van der Waals surface area contributed by atoms with E-state index in [0.29, 0.717) is 22.8 Å². The summed E-state index contributed by atoms with van der Waals surface area (Å²) in [6.45, 7) is 7.40. The van der Waals surface area contributed by atoms with Crippen LogP contribution in [0.15, 0.2) is 44.0 Å². The van der Waals surface area contributed by atoms with Crippen molar-refractivity contribution in [2.75, 3.05) is 0 Å². The lowest BCUT2D eigenvalue weighted by molar-refractivity contribution is 0.0527. The van der Waals surface area contributed by atoms with Gasteiger partial charge in [-0.2, -0.15) is 0 Å². The van der Waals surface area contributed by atoms with Gasteiger partial charge in [0.15, 0.2) is 0 Å². The van der Waals surface area contributed by atoms with E-state index in [2.05, 4.69) is 10.2 Å². The number of aromatic nitrogens is 2. The second-order valence-corrected chi connectivity index (χ2v) is 6.76. The Labute approximate surface area is 144 Å². The van der Waals surface area contributed by atoms with E-state index in [-0.39, 0.29) is 12.1 Å². The Hall–Kier alpha value is -2.96. The molecule has 0 radical (unpaired) electrons. The van der Waals surface area contributed by atoms with Gasteiger partial charge >= 0.3 is 5.63 Å². The number of carbonyl (C=O) groups is 1. The van der Waals surface area contributed by atoms with Crippen molar-refractivity contribution in [1.29, 1.82) is 0 Å². The van der Waals surface area contributed by atoms with Gasteiger partial charge in [-0.1, -0.05) is 18.2 Å². The van der Waals surface area contributed by atoms with Crippen LogP contribution < -0.4 is 5.63 Å². The number of hydrogen-bond donors (Lipinski definition) is 0. The molecule has 25 heavy (non-hydrogen) atoms. The lowest BCUT2D eigenvalue weighted by atomic mass is 10.0. The highest BCUT2D eigenvalue weighted by Crippen LogP contribution is 2.21. The molecule has 3 aromatic rings. The molecule has 3 rings (SSSR count). The van der Waals surface area contributed by atoms with E-state index in [9.17, 15) is 9.59 Å². The maximum atomic E-state index is 13.0. The van der Waals surface area contributed by atoms with E-state index in [4.69, 9.17) is 8.83 Å². The Bertz CT molecular complexity index is 982. The molecule has 0 saturated carbocycles. The van der Waals surface area contributed by atoms with Crippen LogP contribution in [0.5, 0.6) is 0 Å². The molecule has 1 amide bonds. The number of nitrogens with zero attached hydrogens (tertiary/aromatic N) is 3. The first kappa shape index (κ1) is 16.9. The SMILES string of the molecule is Cc1nnc(CN(C(=O)c2cc3ccccc3oc2=O)C(C)(C)C)o1. The molecule has 0 aliphatic carbocycles. The van der Waals surface area contributed by atoms with Gasteiger partial charge < -0.3 is 13.7 Å². The third kappa shape index (κ3) is 3.45. The fourth-order valence-electron chi connectivity index (χ4n) is 2.51. The minimum absolute atomic E-state index is 0.0233. The van der Waals surface area contributed by atoms with Crippen LogP contribution in [0, 0.1) is 6.92 Å². The number of rotatable bonds is 3. The Balaban J connectivity index is 2.03. The predicted molar refractivity (Wildman–Crippen MR) is 91.1 cm³/mol. The largest absolute Gasteiger partial charge is 0.424 e. The number of fused-ring (bicyclic) bond motifs is 1. The average Bonchev–Trinajstić information content (AvgIpc) is 2.95. The zero-order valence-electron chi connectivity index (χ0n) is 14.6. The van der Waals surface area contributed by atoms with E-state index < -0.39 is 17.1 Å². The van der Waals surface area contributed by atoms with Crippen LogP contribution in [0.2, 0.25) is 0 Å². The molecule has 2 aromatic heterocycles. The van der Waals surface area contributed by atoms with E-state index in [1.54, 1.807) is 31.2 Å². The van der Waals surface area contributed by atoms with Gasteiger partial charge in [0, 0.05) is 17.8 Å². The van der Waals surface area contributed by atoms with Crippen molar-refractivity contribution >= 4 is 16.9 Å². The molecular formula is C18H19N3O4. The standard InChI is InChI=1S/C18H19N3O4/c1-11-19-20-15(24-11)10-21(18(2,3)4)16(22)13-9-12-7-5-6-8-14(12)25-17(13)23/h5-9H,10H2,1-4H3. The van der Waals surface area contributed by atoms with Crippen molar-refractivity contribution in [3.63, 3.8) is 0 Å². The molecule has 0 bridgehead atoms. The summed E-state index contributed by atoms with van der Waals surface area (Å²) >= 11 is 0. The summed E-state index contributed by atoms with van der Waals surface area (Å²) in [7, 11) is 0. The van der Waals surface area contributed by atoms with Crippen LogP contribution in [0.25, 0.3) is 11.0 Å². The molecular weight excluding hydrogens is 322 g/mol. The van der Waals surface area contributed by atoms with Gasteiger partial charge in [-0.15, -0.1) is 10.2 Å². The Kier molecular flexibility index (Phi) is 4.16. The summed E-state index contributed by atoms with van der Waals surface area (Å²) in [6.07, 6.45) is 0. The van der Waals surface area contributed by atoms with Crippen LogP contribution in [-0.2, 0) is 6.54 Å². The number of amides is 1. The van der Waals surface area contributed by atoms with E-state index >= 15 is 0 Å². The lowest BCUT2D eigenvalue weighted by Crippen LogP contribution is -2.46. The molecule has 7 heteroatoms. The molecule has 0 atom stereocenters. The molecule has 7 nitrogen and oxygen atoms in total. The van der Waals surface area contributed by atoms with E-state index in [0.717, 1.165) is 0 Å². The molecule has 0 N–H and O–H groups in total. The minimum atomic E-state index is -0.667. The molecule has 2 heterocycles. The van der Waals surface area contributed by atoms with Gasteiger partial charge in [0.05, 0.1) is 6.54 Å². The quantitative estimate of drug-likeness (QED) is 0.681. The highest BCUT2D eigenvalue weighted by molar-refractivity contribution is 5.97. The van der Waals surface area contributed by atoms with Crippen molar-refractivity contribution < 1.29 is 13.6 Å². The summed E-state index contributed by atoms with van der Waals surface area (Å²) in [5.74, 6) is 0.287. The normalized spacial score (nSPS) is 11.7. The monoisotopic (exact) mass is 341 g/mol. The fourth-order valence-corrected chi connectivity index (χ4v) is 2.51. The van der Waals surface area contributed by atoms with Gasteiger partial charge in [-0.25, -0.2) is 4.79 Å². The zero-order chi connectivity index (χ0) is 18.2. The number of para-hydroxylation sites is 1. The summed E-state index contributed by atoms with van der Waals surface area (Å²) in [6, 6.07) is 8.62. The number of carbonyl (C=O) groups excluding carboxylic acids is 1. The van der Waals surface area contributed by atoms with Crippen molar-refractivity contribution in [2.24, 2.45) is 0 Å². The first-order valence-corrected chi connectivity index (χ1v) is 7.89. The summed E-state index contributed by atoms with van der Waals surface area (Å²) < 4.78 is 10.7. The molecule has 0 aliphatic rings. The second kappa shape index (κ2) is 6.16. The van der Waals surface area contributed by atoms with Crippen molar-refractivity contribution in [2.45, 2.75) is 39.8 Å². The van der Waals surface area contributed by atoms with Crippen LogP contribution >= 0.6 is 0 Å². The van der Waals surface area contributed by atoms with E-state index in [1.807, 2.05) is 26.8 Å². The summed E-state index contributed by atoms with van der Waals surface area (Å²) in [5, 5.41) is 8.40. The molecule has 130 valence electrons. The highest BCUT2D eigenvalue weighted by Gasteiger charge is 2.31. The van der Waals surface area contributed by atoms with Gasteiger partial charge in [0.2, 0.25) is 11.8 Å². The molecule has 0 unspecified atom stereocenters. The van der Waals surface area contributed by atoms with Crippen LogP contribution in [-0.4, -0.2) is 26.5 Å². The third-order valence-corrected chi connectivity index (χ3v) is 3.79. The van der Waals surface area contributed by atoms with Crippen LogP contribution in [0.4, 0.5) is 0 Å². The van der Waals surface area contributed by atoms with Crippen molar-refractivity contribution in [1.82, 2.24) is 15.1 Å². The fraction of sp³-hybridized carbons (Fsp3) is 0.333. The topological polar surface area (TPSA) is 89.4 Å². The second-order valence-electron chi connectivity index (χ2n) is 6.76. The van der Waals surface area contributed by atoms with Crippen LogP contribution in [0.3, 0.4) is 0 Å². The summed E-state index contributed by atoms with van der Waals surface area (Å²) in [5.41, 5.74) is -0.805. The Morgan fingerprint density at radius 3 is 2.52 bits per heavy atom. The van der Waals surface area contributed by atoms with Crippen LogP contribution in [0.1, 0.15) is 42.9 Å². The molecule has 0 spiro atoms.